The zero-order chi connectivity index (χ0) is 14.1. The van der Waals surface area contributed by atoms with Gasteiger partial charge >= 0.3 is 0 Å². The number of quaternary nitrogens is 1. The third kappa shape index (κ3) is 4.36. The largest absolute Gasteiger partial charge is 0.345 e. The van der Waals surface area contributed by atoms with Gasteiger partial charge < -0.3 is 10.4 Å². The minimum Gasteiger partial charge on any atom is -0.345 e. The topological polar surface area (TPSA) is 32.3 Å². The Labute approximate surface area is 118 Å². The molecule has 0 spiro atoms. The maximum Gasteiger partial charge on any atom is 0.193 e. The minimum atomic E-state index is -0.346. The van der Waals surface area contributed by atoms with Crippen LogP contribution in [-0.4, -0.2) is 28.5 Å². The van der Waals surface area contributed by atoms with Crippen LogP contribution in [0.5, 0.6) is 0 Å². The highest BCUT2D eigenvalue weighted by atomic mass is 16.3. The van der Waals surface area contributed by atoms with Gasteiger partial charge in [0.25, 0.3) is 0 Å². The molecule has 0 saturated heterocycles. The van der Waals surface area contributed by atoms with Gasteiger partial charge in [-0.15, -0.1) is 0 Å². The van der Waals surface area contributed by atoms with E-state index in [1.807, 2.05) is 13.1 Å². The summed E-state index contributed by atoms with van der Waals surface area (Å²) in [6, 6.07) is 0. The Morgan fingerprint density at radius 1 is 1.26 bits per heavy atom. The van der Waals surface area contributed by atoms with Crippen LogP contribution in [0, 0.1) is 0 Å². The van der Waals surface area contributed by atoms with Crippen molar-refractivity contribution in [2.75, 3.05) is 6.54 Å². The molecule has 0 aromatic rings. The van der Waals surface area contributed by atoms with Crippen LogP contribution in [0.15, 0.2) is 24.6 Å². The van der Waals surface area contributed by atoms with Crippen LogP contribution in [0.2, 0.25) is 0 Å². The molecule has 0 radical (unpaired) electrons. The summed E-state index contributed by atoms with van der Waals surface area (Å²) >= 11 is 0. The van der Waals surface area contributed by atoms with Crippen LogP contribution in [0.4, 0.5) is 0 Å². The van der Waals surface area contributed by atoms with Gasteiger partial charge in [0.15, 0.2) is 12.4 Å². The lowest BCUT2D eigenvalue weighted by atomic mass is 10.1. The van der Waals surface area contributed by atoms with Crippen molar-refractivity contribution in [3.05, 3.63) is 24.6 Å². The molecule has 19 heavy (non-hydrogen) atoms. The molecule has 110 valence electrons. The fourth-order valence-electron chi connectivity index (χ4n) is 2.82. The normalized spacial score (nSPS) is 27.9. The maximum atomic E-state index is 10.0. The SMILES string of the molecule is CCCC/C=C/CCCC1NC=C[N+]1(CC)C(C)O. The number of aliphatic hydroxyl groups excluding tert-OH is 1. The lowest BCUT2D eigenvalue weighted by Crippen LogP contribution is -2.57. The maximum absolute atomic E-state index is 10.0. The summed E-state index contributed by atoms with van der Waals surface area (Å²) in [5, 5.41) is 13.4. The summed E-state index contributed by atoms with van der Waals surface area (Å²) in [6.07, 6.45) is 15.9. The average Bonchev–Trinajstić information content (AvgIpc) is 2.82. The Hall–Kier alpha value is -0.800. The van der Waals surface area contributed by atoms with Gasteiger partial charge in [-0.05, 0) is 26.2 Å². The van der Waals surface area contributed by atoms with Crippen LogP contribution < -0.4 is 5.32 Å². The summed E-state index contributed by atoms with van der Waals surface area (Å²) in [6.45, 7) is 7.18. The van der Waals surface area contributed by atoms with E-state index in [0.717, 1.165) is 19.4 Å². The molecule has 0 aromatic heterocycles. The Kier molecular flexibility index (Phi) is 7.17. The van der Waals surface area contributed by atoms with Crippen molar-refractivity contribution >= 4 is 0 Å². The van der Waals surface area contributed by atoms with Gasteiger partial charge in [0.1, 0.15) is 6.20 Å². The van der Waals surface area contributed by atoms with Gasteiger partial charge in [0.05, 0.1) is 12.7 Å². The second kappa shape index (κ2) is 8.39. The summed E-state index contributed by atoms with van der Waals surface area (Å²) < 4.78 is 0.652. The molecule has 0 bridgehead atoms. The highest BCUT2D eigenvalue weighted by molar-refractivity contribution is 4.86. The molecule has 0 aliphatic carbocycles. The second-order valence-electron chi connectivity index (χ2n) is 5.49. The van der Waals surface area contributed by atoms with E-state index in [2.05, 4.69) is 37.5 Å². The lowest BCUT2D eigenvalue weighted by molar-refractivity contribution is -0.942. The molecule has 3 heteroatoms. The predicted molar refractivity (Wildman–Crippen MR) is 81.1 cm³/mol. The first kappa shape index (κ1) is 16.3. The number of nitrogens with one attached hydrogen (secondary N) is 1. The lowest BCUT2D eigenvalue weighted by Gasteiger charge is -2.39. The molecule has 3 unspecified atom stereocenters. The number of unbranched alkanes of at least 4 members (excludes halogenated alkanes) is 3. The monoisotopic (exact) mass is 267 g/mol. The van der Waals surface area contributed by atoms with Gasteiger partial charge in [-0.3, -0.25) is 4.48 Å². The molecule has 3 nitrogen and oxygen atoms in total. The van der Waals surface area contributed by atoms with E-state index < -0.39 is 0 Å². The van der Waals surface area contributed by atoms with Crippen LogP contribution in [0.1, 0.15) is 59.3 Å². The molecule has 2 N–H and O–H groups in total. The highest BCUT2D eigenvalue weighted by Gasteiger charge is 2.40. The number of rotatable bonds is 9. The first-order chi connectivity index (χ1) is 9.17. The summed E-state index contributed by atoms with van der Waals surface area (Å²) in [4.78, 5) is 0. The third-order valence-corrected chi connectivity index (χ3v) is 4.20. The van der Waals surface area contributed by atoms with Gasteiger partial charge in [-0.1, -0.05) is 31.9 Å². The first-order valence-electron chi connectivity index (χ1n) is 7.81. The summed E-state index contributed by atoms with van der Waals surface area (Å²) in [5.74, 6) is 0. The molecule has 1 heterocycles. The highest BCUT2D eigenvalue weighted by Crippen LogP contribution is 2.25. The molecule has 0 aromatic carbocycles. The number of aliphatic hydroxyl groups is 1. The van der Waals surface area contributed by atoms with Crippen LogP contribution in [0.3, 0.4) is 0 Å². The van der Waals surface area contributed by atoms with Crippen molar-refractivity contribution in [1.82, 2.24) is 5.32 Å². The van der Waals surface area contributed by atoms with Crippen molar-refractivity contribution in [3.8, 4) is 0 Å². The summed E-state index contributed by atoms with van der Waals surface area (Å²) in [7, 11) is 0. The standard InChI is InChI=1S/C16H31N2O/c1-4-6-7-8-9-10-11-12-16-17-13-14-18(16,5-2)15(3)19/h8-9,13-17,19H,4-7,10-12H2,1-3H3/q+1/b9-8+. The number of hydrogen-bond acceptors (Lipinski definition) is 2. The van der Waals surface area contributed by atoms with Crippen molar-refractivity contribution in [2.24, 2.45) is 0 Å². The van der Waals surface area contributed by atoms with E-state index >= 15 is 0 Å². The Bertz CT molecular complexity index is 299. The van der Waals surface area contributed by atoms with Crippen molar-refractivity contribution in [2.45, 2.75) is 71.7 Å². The molecule has 1 rings (SSSR count). The van der Waals surface area contributed by atoms with Crippen LogP contribution in [-0.2, 0) is 0 Å². The van der Waals surface area contributed by atoms with E-state index in [0.29, 0.717) is 10.6 Å². The van der Waals surface area contributed by atoms with Crippen molar-refractivity contribution < 1.29 is 9.59 Å². The quantitative estimate of drug-likeness (QED) is 0.381. The predicted octanol–water partition coefficient (Wildman–Crippen LogP) is 3.48. The van der Waals surface area contributed by atoms with Crippen molar-refractivity contribution in [3.63, 3.8) is 0 Å². The number of nitrogens with zero attached hydrogens (tertiary/aromatic N) is 1. The van der Waals surface area contributed by atoms with Gasteiger partial charge in [0.2, 0.25) is 0 Å². The zero-order valence-electron chi connectivity index (χ0n) is 12.8. The Balaban J connectivity index is 2.31. The second-order valence-corrected chi connectivity index (χ2v) is 5.49. The fourth-order valence-corrected chi connectivity index (χ4v) is 2.82. The molecule has 0 amide bonds. The van der Waals surface area contributed by atoms with E-state index in [-0.39, 0.29) is 6.23 Å². The van der Waals surface area contributed by atoms with Gasteiger partial charge in [0, 0.05) is 13.3 Å². The molecule has 3 atom stereocenters. The molecular weight excluding hydrogens is 236 g/mol. The Morgan fingerprint density at radius 3 is 2.53 bits per heavy atom. The number of hydrogen-bond donors (Lipinski definition) is 2. The first-order valence-corrected chi connectivity index (χ1v) is 7.81. The van der Waals surface area contributed by atoms with Crippen LogP contribution in [0.25, 0.3) is 0 Å². The smallest absolute Gasteiger partial charge is 0.193 e. The van der Waals surface area contributed by atoms with E-state index in [1.165, 1.54) is 25.7 Å². The van der Waals surface area contributed by atoms with Gasteiger partial charge in [-0.2, -0.15) is 0 Å². The molecule has 1 aliphatic rings. The summed E-state index contributed by atoms with van der Waals surface area (Å²) in [5.41, 5.74) is 0. The number of allylic oxidation sites excluding steroid dienone is 2. The van der Waals surface area contributed by atoms with Gasteiger partial charge in [-0.25, -0.2) is 0 Å². The average molecular weight is 267 g/mol. The zero-order valence-corrected chi connectivity index (χ0v) is 12.8. The van der Waals surface area contributed by atoms with Crippen molar-refractivity contribution in [1.29, 1.82) is 0 Å². The van der Waals surface area contributed by atoms with E-state index in [1.54, 1.807) is 0 Å². The molecule has 0 saturated carbocycles. The van der Waals surface area contributed by atoms with E-state index in [4.69, 9.17) is 0 Å². The van der Waals surface area contributed by atoms with E-state index in [9.17, 15) is 5.11 Å². The third-order valence-electron chi connectivity index (χ3n) is 4.20. The Morgan fingerprint density at radius 2 is 1.95 bits per heavy atom. The fraction of sp³-hybridized carbons (Fsp3) is 0.750. The molecule has 1 aliphatic heterocycles. The minimum absolute atomic E-state index is 0.328. The molecular formula is C16H31N2O+. The van der Waals surface area contributed by atoms with Crippen LogP contribution >= 0.6 is 0 Å². The molecule has 0 fully saturated rings.